The van der Waals surface area contributed by atoms with Crippen LogP contribution in [0.5, 0.6) is 5.88 Å². The molecule has 0 radical (unpaired) electrons. The Kier molecular flexibility index (Phi) is 5.86. The van der Waals surface area contributed by atoms with Crippen molar-refractivity contribution in [2.24, 2.45) is 9.98 Å². The summed E-state index contributed by atoms with van der Waals surface area (Å²) in [7, 11) is 0. The Balaban J connectivity index is 2.05. The van der Waals surface area contributed by atoms with E-state index >= 15 is 0 Å². The molecule has 1 aromatic carbocycles. The standard InChI is InChI=1S/C17H16ClN3O/c1-13(18)20-11-16(19-2)15-8-9-17(21-10-15)22-12-14-6-4-3-5-7-14/h3-11H,2,12H2,1H3/b16-11-,20-13+. The van der Waals surface area contributed by atoms with Crippen molar-refractivity contribution in [3.05, 3.63) is 66.0 Å². The molecule has 0 unspecified atom stereocenters. The molecule has 0 aliphatic rings. The molecule has 0 fully saturated rings. The summed E-state index contributed by atoms with van der Waals surface area (Å²) in [5.41, 5.74) is 2.49. The third-order valence-electron chi connectivity index (χ3n) is 2.80. The van der Waals surface area contributed by atoms with E-state index in [9.17, 15) is 0 Å². The first-order chi connectivity index (χ1) is 10.7. The lowest BCUT2D eigenvalue weighted by Gasteiger charge is -2.06. The maximum atomic E-state index is 5.70. The van der Waals surface area contributed by atoms with Gasteiger partial charge in [0, 0.05) is 17.8 Å². The Morgan fingerprint density at radius 2 is 2.05 bits per heavy atom. The SMILES string of the molecule is C=N/C(=C\N=C(/C)Cl)c1ccc(OCc2ccccc2)nc1. The molecule has 0 saturated carbocycles. The van der Waals surface area contributed by atoms with Crippen molar-refractivity contribution in [2.75, 3.05) is 0 Å². The summed E-state index contributed by atoms with van der Waals surface area (Å²) in [5.74, 6) is 0.549. The number of pyridine rings is 1. The van der Waals surface area contributed by atoms with Crippen molar-refractivity contribution in [1.29, 1.82) is 0 Å². The molecule has 0 bridgehead atoms. The molecule has 0 saturated heterocycles. The fourth-order valence-electron chi connectivity index (χ4n) is 1.71. The smallest absolute Gasteiger partial charge is 0.213 e. The molecule has 5 heteroatoms. The molecule has 112 valence electrons. The summed E-state index contributed by atoms with van der Waals surface area (Å²) in [6.45, 7) is 5.69. The van der Waals surface area contributed by atoms with Crippen LogP contribution in [-0.4, -0.2) is 16.9 Å². The van der Waals surface area contributed by atoms with E-state index in [1.807, 2.05) is 36.4 Å². The van der Waals surface area contributed by atoms with Crippen LogP contribution in [0, 0.1) is 0 Å². The Morgan fingerprint density at radius 1 is 1.27 bits per heavy atom. The second kappa shape index (κ2) is 8.10. The number of hydrogen-bond acceptors (Lipinski definition) is 4. The molecule has 0 aliphatic carbocycles. The first-order valence-electron chi connectivity index (χ1n) is 6.69. The molecular formula is C17H16ClN3O. The van der Waals surface area contributed by atoms with Gasteiger partial charge in [0.2, 0.25) is 5.88 Å². The van der Waals surface area contributed by atoms with E-state index in [-0.39, 0.29) is 0 Å². The van der Waals surface area contributed by atoms with Gasteiger partial charge in [0.25, 0.3) is 0 Å². The van der Waals surface area contributed by atoms with Crippen molar-refractivity contribution in [3.8, 4) is 5.88 Å². The number of benzene rings is 1. The fraction of sp³-hybridized carbons (Fsp3) is 0.118. The molecule has 4 nitrogen and oxygen atoms in total. The summed E-state index contributed by atoms with van der Waals surface area (Å²) in [6, 6.07) is 13.6. The molecule has 0 spiro atoms. The van der Waals surface area contributed by atoms with E-state index < -0.39 is 0 Å². The second-order valence-electron chi connectivity index (χ2n) is 4.46. The first-order valence-corrected chi connectivity index (χ1v) is 7.07. The zero-order valence-electron chi connectivity index (χ0n) is 12.2. The highest BCUT2D eigenvalue weighted by Crippen LogP contribution is 2.18. The van der Waals surface area contributed by atoms with Gasteiger partial charge in [0.15, 0.2) is 0 Å². The fourth-order valence-corrected chi connectivity index (χ4v) is 1.75. The van der Waals surface area contributed by atoms with Gasteiger partial charge in [0.05, 0.1) is 11.9 Å². The van der Waals surface area contributed by atoms with Crippen molar-refractivity contribution in [3.63, 3.8) is 0 Å². The van der Waals surface area contributed by atoms with Crippen LogP contribution in [0.2, 0.25) is 0 Å². The van der Waals surface area contributed by atoms with E-state index in [1.165, 1.54) is 0 Å². The lowest BCUT2D eigenvalue weighted by molar-refractivity contribution is 0.294. The van der Waals surface area contributed by atoms with E-state index in [1.54, 1.807) is 25.4 Å². The minimum atomic E-state index is 0.428. The molecule has 1 heterocycles. The maximum Gasteiger partial charge on any atom is 0.213 e. The second-order valence-corrected chi connectivity index (χ2v) is 5.01. The maximum absolute atomic E-state index is 5.70. The van der Waals surface area contributed by atoms with Crippen LogP contribution in [0.15, 0.2) is 64.8 Å². The quantitative estimate of drug-likeness (QED) is 0.746. The number of hydrogen-bond donors (Lipinski definition) is 0. The molecule has 0 aliphatic heterocycles. The van der Waals surface area contributed by atoms with Gasteiger partial charge in [-0.2, -0.15) is 0 Å². The van der Waals surface area contributed by atoms with Crippen LogP contribution < -0.4 is 4.74 Å². The molecule has 22 heavy (non-hydrogen) atoms. The Hall–Kier alpha value is -2.46. The first kappa shape index (κ1) is 15.9. The largest absolute Gasteiger partial charge is 0.473 e. The molecule has 0 N–H and O–H groups in total. The Bertz CT molecular complexity index is 675. The molecule has 2 rings (SSSR count). The molecule has 0 amide bonds. The van der Waals surface area contributed by atoms with Crippen LogP contribution in [0.25, 0.3) is 5.70 Å². The van der Waals surface area contributed by atoms with Gasteiger partial charge in [-0.3, -0.25) is 4.99 Å². The van der Waals surface area contributed by atoms with Gasteiger partial charge < -0.3 is 4.74 Å². The Morgan fingerprint density at radius 3 is 2.64 bits per heavy atom. The van der Waals surface area contributed by atoms with E-state index in [4.69, 9.17) is 16.3 Å². The number of aromatic nitrogens is 1. The molecule has 0 atom stereocenters. The summed E-state index contributed by atoms with van der Waals surface area (Å²) >= 11 is 5.70. The summed E-state index contributed by atoms with van der Waals surface area (Å²) in [4.78, 5) is 12.2. The molecule has 1 aromatic heterocycles. The van der Waals surface area contributed by atoms with Crippen LogP contribution in [0.1, 0.15) is 18.1 Å². The predicted molar refractivity (Wildman–Crippen MR) is 91.5 cm³/mol. The van der Waals surface area contributed by atoms with Crippen LogP contribution in [-0.2, 0) is 6.61 Å². The van der Waals surface area contributed by atoms with Crippen molar-refractivity contribution >= 4 is 29.2 Å². The average Bonchev–Trinajstić information content (AvgIpc) is 2.55. The van der Waals surface area contributed by atoms with E-state index in [0.717, 1.165) is 11.1 Å². The third-order valence-corrected chi connectivity index (χ3v) is 2.89. The van der Waals surface area contributed by atoms with Crippen LogP contribution >= 0.6 is 11.6 Å². The Labute approximate surface area is 134 Å². The van der Waals surface area contributed by atoms with Gasteiger partial charge in [-0.15, -0.1) is 0 Å². The number of aliphatic imine (C=N–C) groups is 2. The summed E-state index contributed by atoms with van der Waals surface area (Å²) in [5, 5.41) is 0.428. The van der Waals surface area contributed by atoms with Crippen LogP contribution in [0.4, 0.5) is 0 Å². The van der Waals surface area contributed by atoms with Gasteiger partial charge in [-0.05, 0) is 25.3 Å². The monoisotopic (exact) mass is 313 g/mol. The minimum Gasteiger partial charge on any atom is -0.473 e. The molecular weight excluding hydrogens is 298 g/mol. The van der Waals surface area contributed by atoms with Crippen molar-refractivity contribution in [1.82, 2.24) is 4.98 Å². The average molecular weight is 314 g/mol. The van der Waals surface area contributed by atoms with Gasteiger partial charge >= 0.3 is 0 Å². The normalized spacial score (nSPS) is 12.1. The number of ether oxygens (including phenoxy) is 1. The highest BCUT2D eigenvalue weighted by atomic mass is 35.5. The number of rotatable bonds is 6. The highest BCUT2D eigenvalue weighted by Gasteiger charge is 2.02. The van der Waals surface area contributed by atoms with E-state index in [2.05, 4.69) is 21.7 Å². The van der Waals surface area contributed by atoms with Crippen molar-refractivity contribution < 1.29 is 4.74 Å². The van der Waals surface area contributed by atoms with Gasteiger partial charge in [-0.1, -0.05) is 41.9 Å². The summed E-state index contributed by atoms with van der Waals surface area (Å²) in [6.07, 6.45) is 3.22. The zero-order chi connectivity index (χ0) is 15.8. The zero-order valence-corrected chi connectivity index (χ0v) is 13.0. The van der Waals surface area contributed by atoms with Crippen LogP contribution in [0.3, 0.4) is 0 Å². The highest BCUT2D eigenvalue weighted by molar-refractivity contribution is 6.64. The minimum absolute atomic E-state index is 0.428. The van der Waals surface area contributed by atoms with Gasteiger partial charge in [0.1, 0.15) is 11.8 Å². The number of nitrogens with zero attached hydrogens (tertiary/aromatic N) is 3. The predicted octanol–water partition coefficient (Wildman–Crippen LogP) is 4.32. The van der Waals surface area contributed by atoms with Crippen molar-refractivity contribution in [2.45, 2.75) is 13.5 Å². The third kappa shape index (κ3) is 4.82. The van der Waals surface area contributed by atoms with Gasteiger partial charge in [-0.25, -0.2) is 9.98 Å². The lowest BCUT2D eigenvalue weighted by Crippen LogP contribution is -1.97. The topological polar surface area (TPSA) is 46.8 Å². The molecule has 2 aromatic rings. The lowest BCUT2D eigenvalue weighted by atomic mass is 10.2. The van der Waals surface area contributed by atoms with E-state index in [0.29, 0.717) is 23.4 Å². The number of halogens is 1. The summed E-state index contributed by atoms with van der Waals surface area (Å²) < 4.78 is 5.63.